The first-order chi connectivity index (χ1) is 41.9. The number of rotatable bonds is 39. The number of hydrogen-bond acceptors (Lipinski definition) is 16. The van der Waals surface area contributed by atoms with Crippen molar-refractivity contribution in [2.75, 3.05) is 136 Å². The van der Waals surface area contributed by atoms with Crippen LogP contribution in [-0.2, 0) is 41.4 Å². The van der Waals surface area contributed by atoms with Crippen molar-refractivity contribution in [3.63, 3.8) is 0 Å². The lowest BCUT2D eigenvalue weighted by Crippen LogP contribution is -2.47. The second kappa shape index (κ2) is 41.3. The number of aryl methyl sites for hydroxylation is 1. The average molecular weight is 1270 g/mol. The third-order valence-electron chi connectivity index (χ3n) is 13.5. The Morgan fingerprint density at radius 1 is 0.802 bits per heavy atom. The van der Waals surface area contributed by atoms with E-state index in [1.807, 2.05) is 67.4 Å². The number of carbonyl (C=O) groups is 4. The molecular formula is C64H90BrN11O9S. The minimum absolute atomic E-state index is 0.0427. The monoisotopic (exact) mass is 1270 g/mol. The molecule has 4 aromatic rings. The summed E-state index contributed by atoms with van der Waals surface area (Å²) in [6.07, 6.45) is 15.4. The molecule has 2 aliphatic rings. The number of nitrogens with two attached hydrogens (primary N) is 1. The molecule has 5 N–H and O–H groups in total. The molecule has 20 nitrogen and oxygen atoms in total. The molecule has 468 valence electrons. The zero-order chi connectivity index (χ0) is 61.6. The molecule has 1 aromatic heterocycles. The summed E-state index contributed by atoms with van der Waals surface area (Å²) in [5, 5.41) is 14.5. The Hall–Kier alpha value is -6.79. The average Bonchev–Trinajstić information content (AvgIpc) is 4.34. The lowest BCUT2D eigenvalue weighted by molar-refractivity contribution is -0.140. The summed E-state index contributed by atoms with van der Waals surface area (Å²) in [5.74, 6) is 6.69. The Kier molecular flexibility index (Phi) is 33.6. The molecule has 5 amide bonds. The van der Waals surface area contributed by atoms with Gasteiger partial charge in [-0.25, -0.2) is 9.78 Å². The van der Waals surface area contributed by atoms with Gasteiger partial charge in [-0.2, -0.15) is 5.10 Å². The van der Waals surface area contributed by atoms with E-state index in [-0.39, 0.29) is 37.1 Å². The summed E-state index contributed by atoms with van der Waals surface area (Å²) in [5.41, 5.74) is 4.42. The SMILES string of the molecule is C1CC1.C=C/C=C(\C=C)CNC(=O)C(c1ccc(Br)cc1)N(CCC)C(=O)CCc1ccc(OCCCCN(C)CCOCCOCC/C(C=NCCOCCOc2ccc(NC(=O)Nc3nc(CC(=O)N4CCN(C)CC4)cs3)cc2)=N/N)cc1. The van der Waals surface area contributed by atoms with Crippen molar-refractivity contribution in [3.8, 4) is 11.5 Å². The maximum Gasteiger partial charge on any atom is 0.325 e. The highest BCUT2D eigenvalue weighted by Gasteiger charge is 2.31. The van der Waals surface area contributed by atoms with E-state index in [0.717, 1.165) is 65.9 Å². The van der Waals surface area contributed by atoms with Crippen LogP contribution in [0.1, 0.15) is 81.2 Å². The molecular weight excluding hydrogens is 1180 g/mol. The van der Waals surface area contributed by atoms with Gasteiger partial charge < -0.3 is 59.8 Å². The number of carbonyl (C=O) groups excluding carboxylic acids is 4. The van der Waals surface area contributed by atoms with Crippen LogP contribution in [0.15, 0.2) is 130 Å². The zero-order valence-electron chi connectivity index (χ0n) is 50.6. The number of ether oxygens (including phenoxy) is 5. The van der Waals surface area contributed by atoms with Crippen LogP contribution in [0.3, 0.4) is 0 Å². The maximum atomic E-state index is 13.8. The number of piperazine rings is 1. The molecule has 1 atom stereocenters. The van der Waals surface area contributed by atoms with Gasteiger partial charge in [-0.1, -0.05) is 97.8 Å². The van der Waals surface area contributed by atoms with Crippen LogP contribution < -0.4 is 31.3 Å². The molecule has 2 fully saturated rings. The largest absolute Gasteiger partial charge is 0.494 e. The fourth-order valence-corrected chi connectivity index (χ4v) is 9.45. The third-order valence-corrected chi connectivity index (χ3v) is 14.9. The van der Waals surface area contributed by atoms with Gasteiger partial charge in [-0.05, 0) is 112 Å². The van der Waals surface area contributed by atoms with E-state index in [0.29, 0.717) is 126 Å². The van der Waals surface area contributed by atoms with E-state index in [4.69, 9.17) is 29.5 Å². The number of halogens is 1. The number of nitrogens with zero attached hydrogens (tertiary/aromatic N) is 7. The molecule has 0 spiro atoms. The topological polar surface area (TPSA) is 227 Å². The van der Waals surface area contributed by atoms with E-state index in [2.05, 4.69) is 77.0 Å². The number of allylic oxidation sites excluding steroid dienone is 2. The Balaban J connectivity index is 0.00000436. The number of benzene rings is 3. The van der Waals surface area contributed by atoms with Gasteiger partial charge in [0.25, 0.3) is 0 Å². The number of hydrazone groups is 1. The highest BCUT2D eigenvalue weighted by Crippen LogP contribution is 2.26. The normalized spacial score (nSPS) is 13.8. The van der Waals surface area contributed by atoms with Gasteiger partial charge in [-0.3, -0.25) is 24.7 Å². The summed E-state index contributed by atoms with van der Waals surface area (Å²) in [4.78, 5) is 69.5. The molecule has 0 radical (unpaired) electrons. The Bertz CT molecular complexity index is 2730. The van der Waals surface area contributed by atoms with Gasteiger partial charge in [0.2, 0.25) is 17.7 Å². The van der Waals surface area contributed by atoms with Crippen LogP contribution >= 0.6 is 27.3 Å². The van der Waals surface area contributed by atoms with E-state index < -0.39 is 12.1 Å². The van der Waals surface area contributed by atoms with Gasteiger partial charge >= 0.3 is 6.03 Å². The van der Waals surface area contributed by atoms with Crippen LogP contribution in [0, 0.1) is 0 Å². The molecule has 0 bridgehead atoms. The van der Waals surface area contributed by atoms with Gasteiger partial charge in [0.15, 0.2) is 5.13 Å². The summed E-state index contributed by atoms with van der Waals surface area (Å²) < 4.78 is 29.8. The Labute approximate surface area is 521 Å². The number of amides is 5. The van der Waals surface area contributed by atoms with Crippen molar-refractivity contribution in [1.29, 1.82) is 0 Å². The molecule has 1 saturated heterocycles. The zero-order valence-corrected chi connectivity index (χ0v) is 53.0. The van der Waals surface area contributed by atoms with Crippen LogP contribution in [-0.4, -0.2) is 186 Å². The fourth-order valence-electron chi connectivity index (χ4n) is 8.48. The van der Waals surface area contributed by atoms with Crippen molar-refractivity contribution >= 4 is 73.8 Å². The molecule has 2 heterocycles. The van der Waals surface area contributed by atoms with E-state index in [9.17, 15) is 19.2 Å². The molecule has 1 saturated carbocycles. The van der Waals surface area contributed by atoms with Crippen molar-refractivity contribution in [1.82, 2.24) is 29.9 Å². The lowest BCUT2D eigenvalue weighted by Gasteiger charge is -2.32. The molecule has 1 unspecified atom stereocenters. The van der Waals surface area contributed by atoms with Crippen molar-refractivity contribution in [3.05, 3.63) is 136 Å². The van der Waals surface area contributed by atoms with Crippen LogP contribution in [0.5, 0.6) is 11.5 Å². The van der Waals surface area contributed by atoms with E-state index in [1.54, 1.807) is 59.0 Å². The molecule has 1 aliphatic carbocycles. The minimum Gasteiger partial charge on any atom is -0.494 e. The summed E-state index contributed by atoms with van der Waals surface area (Å²) in [6.45, 7) is 19.3. The highest BCUT2D eigenvalue weighted by molar-refractivity contribution is 9.10. The fraction of sp³-hybridized carbons (Fsp3) is 0.484. The molecule has 22 heteroatoms. The van der Waals surface area contributed by atoms with Crippen molar-refractivity contribution in [2.45, 2.75) is 77.2 Å². The summed E-state index contributed by atoms with van der Waals surface area (Å²) in [7, 11) is 4.12. The Morgan fingerprint density at radius 2 is 1.48 bits per heavy atom. The second-order valence-corrected chi connectivity index (χ2v) is 22.5. The van der Waals surface area contributed by atoms with Gasteiger partial charge in [0.1, 0.15) is 24.1 Å². The number of urea groups is 1. The minimum atomic E-state index is -0.780. The van der Waals surface area contributed by atoms with Crippen molar-refractivity contribution < 1.29 is 42.9 Å². The van der Waals surface area contributed by atoms with Gasteiger partial charge in [-0.15, -0.1) is 11.3 Å². The first-order valence-corrected chi connectivity index (χ1v) is 31.4. The number of unbranched alkanes of at least 4 members (excludes halogenated alkanes) is 1. The lowest BCUT2D eigenvalue weighted by atomic mass is 10.0. The maximum absolute atomic E-state index is 13.8. The highest BCUT2D eigenvalue weighted by atomic mass is 79.9. The third kappa shape index (κ3) is 28.6. The molecule has 86 heavy (non-hydrogen) atoms. The van der Waals surface area contributed by atoms with E-state index in [1.165, 1.54) is 30.6 Å². The first-order valence-electron chi connectivity index (χ1n) is 29.8. The number of likely N-dealkylation sites (N-methyl/N-ethyl adjacent to an activating group) is 2. The van der Waals surface area contributed by atoms with Crippen LogP contribution in [0.25, 0.3) is 0 Å². The quantitative estimate of drug-likeness (QED) is 0.0108. The predicted octanol–water partition coefficient (Wildman–Crippen LogP) is 9.36. The summed E-state index contributed by atoms with van der Waals surface area (Å²) >= 11 is 4.76. The predicted molar refractivity (Wildman–Crippen MR) is 348 cm³/mol. The number of nitrogens with one attached hydrogen (secondary N) is 3. The van der Waals surface area contributed by atoms with Gasteiger partial charge in [0.05, 0.1) is 70.6 Å². The van der Waals surface area contributed by atoms with Crippen molar-refractivity contribution in [2.24, 2.45) is 15.9 Å². The standard InChI is InChI=1S/C61H84BrN11O9S.C3H6/c1-6-11-47(8-3)44-65-59(76)58(49-15-17-50(62)18-16-49)73(28-7-2)56(74)25-14-48-12-21-54(22-13-48)81-35-10-9-29-70(4)34-38-80-40-39-78-36-26-52(69-63)45-64-27-37-79-41-42-82-55-23-19-51(20-24-55)66-60(77)68-61-67-53(46-83-61)43-57(75)72-32-30-71(5)31-33-72;1-2-3-1/h6,8,11-13,15-24,45-46,58H,1,3,7,9-10,14,25-44,63H2,2,4-5H3,(H,65,76)(H2,66,67,68,77);1-3H2/b47-11+,64-45?,69-52-;. The first kappa shape index (κ1) is 70.0. The smallest absolute Gasteiger partial charge is 0.325 e. The number of anilines is 2. The molecule has 1 aliphatic heterocycles. The number of aliphatic imine (C=N–C) groups is 1. The molecule has 3 aromatic carbocycles. The van der Waals surface area contributed by atoms with Crippen LogP contribution in [0.2, 0.25) is 0 Å². The Morgan fingerprint density at radius 3 is 2.15 bits per heavy atom. The molecule has 6 rings (SSSR count). The number of hydrogen-bond donors (Lipinski definition) is 4. The number of thiazole rings is 1. The van der Waals surface area contributed by atoms with Gasteiger partial charge in [0, 0.05) is 80.4 Å². The summed E-state index contributed by atoms with van der Waals surface area (Å²) in [6, 6.07) is 21.2. The van der Waals surface area contributed by atoms with Crippen LogP contribution in [0.4, 0.5) is 15.6 Å². The number of aromatic nitrogens is 1. The second-order valence-electron chi connectivity index (χ2n) is 20.7. The van der Waals surface area contributed by atoms with E-state index >= 15 is 0 Å².